The first-order chi connectivity index (χ1) is 7.71. The number of carbonyl (C=O) groups is 1. The predicted octanol–water partition coefficient (Wildman–Crippen LogP) is 3.24. The van der Waals surface area contributed by atoms with E-state index in [1.54, 1.807) is 0 Å². The van der Waals surface area contributed by atoms with Gasteiger partial charge in [-0.15, -0.1) is 0 Å². The molecule has 0 saturated heterocycles. The van der Waals surface area contributed by atoms with Crippen LogP contribution in [0.3, 0.4) is 0 Å². The van der Waals surface area contributed by atoms with E-state index in [2.05, 4.69) is 5.32 Å². The predicted molar refractivity (Wildman–Crippen MR) is 57.2 cm³/mol. The molecular formula is C10H9ClF3NO2. The van der Waals surface area contributed by atoms with Crippen LogP contribution in [0.1, 0.15) is 12.5 Å². The summed E-state index contributed by atoms with van der Waals surface area (Å²) in [6, 6.07) is 2.15. The summed E-state index contributed by atoms with van der Waals surface area (Å²) < 4.78 is 37.5. The van der Waals surface area contributed by atoms with E-state index in [0.29, 0.717) is 0 Å². The Morgan fingerprint density at radius 1 is 1.47 bits per heavy atom. The van der Waals surface area contributed by atoms with Gasteiger partial charge in [-0.3, -0.25) is 4.79 Å². The fourth-order valence-electron chi connectivity index (χ4n) is 1.14. The summed E-state index contributed by atoms with van der Waals surface area (Å²) in [6.45, 7) is 1.32. The molecule has 0 heterocycles. The first kappa shape index (κ1) is 13.6. The third kappa shape index (κ3) is 3.52. The quantitative estimate of drug-likeness (QED) is 0.884. The molecule has 0 saturated carbocycles. The Morgan fingerprint density at radius 3 is 2.53 bits per heavy atom. The van der Waals surface area contributed by atoms with E-state index < -0.39 is 28.8 Å². The van der Waals surface area contributed by atoms with Crippen LogP contribution in [0.4, 0.5) is 18.9 Å². The van der Waals surface area contributed by atoms with Crippen LogP contribution in [0.5, 0.6) is 0 Å². The normalized spacial score (nSPS) is 13.2. The number of carboxylic acids is 1. The van der Waals surface area contributed by atoms with Gasteiger partial charge in [-0.25, -0.2) is 0 Å². The molecule has 7 heteroatoms. The minimum Gasteiger partial charge on any atom is -0.480 e. The molecule has 0 aliphatic heterocycles. The van der Waals surface area contributed by atoms with Crippen molar-refractivity contribution in [3.8, 4) is 0 Å². The lowest BCUT2D eigenvalue weighted by molar-refractivity contribution is -0.138. The van der Waals surface area contributed by atoms with E-state index in [4.69, 9.17) is 16.7 Å². The van der Waals surface area contributed by atoms with Crippen molar-refractivity contribution in [2.24, 2.45) is 0 Å². The van der Waals surface area contributed by atoms with Gasteiger partial charge in [-0.1, -0.05) is 11.6 Å². The fourth-order valence-corrected chi connectivity index (χ4v) is 1.37. The Morgan fingerprint density at radius 2 is 2.06 bits per heavy atom. The molecule has 0 aliphatic carbocycles. The fraction of sp³-hybridized carbons (Fsp3) is 0.300. The number of carboxylic acid groups (broad SMARTS) is 1. The van der Waals surface area contributed by atoms with Crippen LogP contribution >= 0.6 is 11.6 Å². The molecule has 17 heavy (non-hydrogen) atoms. The third-order valence-electron chi connectivity index (χ3n) is 2.03. The second kappa shape index (κ2) is 4.83. The highest BCUT2D eigenvalue weighted by Crippen LogP contribution is 2.36. The highest BCUT2D eigenvalue weighted by molar-refractivity contribution is 6.31. The molecule has 1 atom stereocenters. The van der Waals surface area contributed by atoms with E-state index in [1.165, 1.54) is 13.0 Å². The second-order valence-corrected chi connectivity index (χ2v) is 3.80. The first-order valence-corrected chi connectivity index (χ1v) is 4.95. The van der Waals surface area contributed by atoms with Crippen LogP contribution in [0, 0.1) is 0 Å². The summed E-state index contributed by atoms with van der Waals surface area (Å²) in [5.41, 5.74) is -0.946. The Balaban J connectivity index is 3.01. The van der Waals surface area contributed by atoms with Crippen LogP contribution in [-0.4, -0.2) is 17.1 Å². The molecule has 0 amide bonds. The van der Waals surface area contributed by atoms with Gasteiger partial charge in [0.05, 0.1) is 10.6 Å². The molecular weight excluding hydrogens is 259 g/mol. The van der Waals surface area contributed by atoms with Crippen LogP contribution < -0.4 is 5.32 Å². The lowest BCUT2D eigenvalue weighted by atomic mass is 10.2. The smallest absolute Gasteiger partial charge is 0.417 e. The van der Waals surface area contributed by atoms with Crippen LogP contribution in [-0.2, 0) is 11.0 Å². The summed E-state index contributed by atoms with van der Waals surface area (Å²) in [5.74, 6) is -1.16. The monoisotopic (exact) mass is 267 g/mol. The molecule has 0 radical (unpaired) electrons. The highest BCUT2D eigenvalue weighted by atomic mass is 35.5. The van der Waals surface area contributed by atoms with Crippen molar-refractivity contribution in [2.45, 2.75) is 19.1 Å². The summed E-state index contributed by atoms with van der Waals surface area (Å²) >= 11 is 5.42. The van der Waals surface area contributed by atoms with Crippen LogP contribution in [0.2, 0.25) is 5.02 Å². The second-order valence-electron chi connectivity index (χ2n) is 3.40. The minimum atomic E-state index is -4.57. The van der Waals surface area contributed by atoms with E-state index in [-0.39, 0.29) is 5.69 Å². The molecule has 1 unspecified atom stereocenters. The van der Waals surface area contributed by atoms with Crippen LogP contribution in [0.25, 0.3) is 0 Å². The lowest BCUT2D eigenvalue weighted by Gasteiger charge is -2.14. The van der Waals surface area contributed by atoms with Crippen molar-refractivity contribution < 1.29 is 23.1 Å². The molecule has 0 spiro atoms. The Labute approximate surface area is 100 Å². The van der Waals surface area contributed by atoms with E-state index in [9.17, 15) is 18.0 Å². The SMILES string of the molecule is CC(Nc1ccc(Cl)c(C(F)(F)F)c1)C(=O)O. The van der Waals surface area contributed by atoms with E-state index in [1.807, 2.05) is 0 Å². The van der Waals surface area contributed by atoms with Crippen molar-refractivity contribution in [2.75, 3.05) is 5.32 Å². The lowest BCUT2D eigenvalue weighted by Crippen LogP contribution is -2.25. The van der Waals surface area contributed by atoms with Crippen molar-refractivity contribution in [1.29, 1.82) is 0 Å². The van der Waals surface area contributed by atoms with Gasteiger partial charge in [0.25, 0.3) is 0 Å². The number of halogens is 4. The van der Waals surface area contributed by atoms with Crippen molar-refractivity contribution in [1.82, 2.24) is 0 Å². The number of anilines is 1. The van der Waals surface area contributed by atoms with E-state index in [0.717, 1.165) is 12.1 Å². The number of rotatable bonds is 3. The summed E-state index contributed by atoms with van der Waals surface area (Å²) in [4.78, 5) is 10.5. The molecule has 94 valence electrons. The van der Waals surface area contributed by atoms with Gasteiger partial charge in [0, 0.05) is 5.69 Å². The third-order valence-corrected chi connectivity index (χ3v) is 2.35. The summed E-state index contributed by atoms with van der Waals surface area (Å²) in [7, 11) is 0. The number of aliphatic carboxylic acids is 1. The van der Waals surface area contributed by atoms with Gasteiger partial charge in [0.1, 0.15) is 6.04 Å². The summed E-state index contributed by atoms with van der Waals surface area (Å²) in [5, 5.41) is 10.6. The summed E-state index contributed by atoms with van der Waals surface area (Å²) in [6.07, 6.45) is -4.57. The average molecular weight is 268 g/mol. The Bertz CT molecular complexity index is 434. The molecule has 3 nitrogen and oxygen atoms in total. The maximum Gasteiger partial charge on any atom is 0.417 e. The average Bonchev–Trinajstić information content (AvgIpc) is 2.19. The topological polar surface area (TPSA) is 49.3 Å². The van der Waals surface area contributed by atoms with Gasteiger partial charge in [0.15, 0.2) is 0 Å². The first-order valence-electron chi connectivity index (χ1n) is 4.58. The molecule has 1 aromatic rings. The molecule has 0 bridgehead atoms. The van der Waals surface area contributed by atoms with Crippen molar-refractivity contribution in [3.63, 3.8) is 0 Å². The van der Waals surface area contributed by atoms with Crippen molar-refractivity contribution in [3.05, 3.63) is 28.8 Å². The molecule has 0 aliphatic rings. The van der Waals surface area contributed by atoms with Crippen LogP contribution in [0.15, 0.2) is 18.2 Å². The molecule has 1 aromatic carbocycles. The molecule has 0 aromatic heterocycles. The van der Waals surface area contributed by atoms with Gasteiger partial charge >= 0.3 is 12.1 Å². The maximum absolute atomic E-state index is 12.5. The zero-order chi connectivity index (χ0) is 13.2. The van der Waals surface area contributed by atoms with Gasteiger partial charge in [-0.2, -0.15) is 13.2 Å². The van der Waals surface area contributed by atoms with Gasteiger partial charge in [0.2, 0.25) is 0 Å². The number of nitrogens with one attached hydrogen (secondary N) is 1. The molecule has 0 fully saturated rings. The van der Waals surface area contributed by atoms with E-state index >= 15 is 0 Å². The highest BCUT2D eigenvalue weighted by Gasteiger charge is 2.33. The van der Waals surface area contributed by atoms with Gasteiger partial charge in [-0.05, 0) is 25.1 Å². The Hall–Kier alpha value is -1.43. The largest absolute Gasteiger partial charge is 0.480 e. The number of hydrogen-bond donors (Lipinski definition) is 2. The minimum absolute atomic E-state index is 0.0524. The number of benzene rings is 1. The number of hydrogen-bond acceptors (Lipinski definition) is 2. The Kier molecular flexibility index (Phi) is 3.87. The standard InChI is InChI=1S/C10H9ClF3NO2/c1-5(9(16)17)15-6-2-3-8(11)7(4-6)10(12,13)14/h2-5,15H,1H3,(H,16,17). The van der Waals surface area contributed by atoms with Crippen molar-refractivity contribution >= 4 is 23.3 Å². The number of alkyl halides is 3. The zero-order valence-electron chi connectivity index (χ0n) is 8.68. The molecule has 2 N–H and O–H groups in total. The maximum atomic E-state index is 12.5. The zero-order valence-corrected chi connectivity index (χ0v) is 9.43. The molecule has 1 rings (SSSR count). The van der Waals surface area contributed by atoms with Gasteiger partial charge < -0.3 is 10.4 Å².